The molecule has 3 N–H and O–H groups in total. The fraction of sp³-hybridized carbons (Fsp3) is 0.467. The van der Waals surface area contributed by atoms with E-state index in [9.17, 15) is 8.42 Å². The lowest BCUT2D eigenvalue weighted by molar-refractivity contribution is 0.228. The first kappa shape index (κ1) is 16.1. The normalized spacial score (nSPS) is 18.4. The summed E-state index contributed by atoms with van der Waals surface area (Å²) in [6.45, 7) is 3.56. The van der Waals surface area contributed by atoms with Gasteiger partial charge in [0, 0.05) is 0 Å². The van der Waals surface area contributed by atoms with Crippen molar-refractivity contribution in [3.63, 3.8) is 0 Å². The SMILES string of the molecule is Cc1ccc(S(=O)(=O)NC(C)c2nc(C3(N)CCC3)no2)cc1. The predicted octanol–water partition coefficient (Wildman–Crippen LogP) is 1.76. The summed E-state index contributed by atoms with van der Waals surface area (Å²) in [4.78, 5) is 4.46. The van der Waals surface area contributed by atoms with Crippen molar-refractivity contribution in [2.24, 2.45) is 5.73 Å². The number of benzene rings is 1. The lowest BCUT2D eigenvalue weighted by Crippen LogP contribution is -2.44. The van der Waals surface area contributed by atoms with Gasteiger partial charge in [-0.05, 0) is 45.2 Å². The Balaban J connectivity index is 1.76. The van der Waals surface area contributed by atoms with Gasteiger partial charge in [0.15, 0.2) is 5.82 Å². The van der Waals surface area contributed by atoms with Crippen LogP contribution in [0.1, 0.15) is 49.5 Å². The summed E-state index contributed by atoms with van der Waals surface area (Å²) in [5.74, 6) is 0.660. The second kappa shape index (κ2) is 5.70. The summed E-state index contributed by atoms with van der Waals surface area (Å²) >= 11 is 0. The van der Waals surface area contributed by atoms with E-state index < -0.39 is 21.6 Å². The van der Waals surface area contributed by atoms with Gasteiger partial charge in [0.2, 0.25) is 15.9 Å². The van der Waals surface area contributed by atoms with Crippen molar-refractivity contribution >= 4 is 10.0 Å². The average Bonchev–Trinajstić information content (AvgIpc) is 2.95. The molecule has 0 spiro atoms. The number of sulfonamides is 1. The molecule has 1 saturated carbocycles. The number of nitrogens with zero attached hydrogens (tertiary/aromatic N) is 2. The van der Waals surface area contributed by atoms with Crippen molar-refractivity contribution in [1.29, 1.82) is 0 Å². The van der Waals surface area contributed by atoms with Gasteiger partial charge in [-0.1, -0.05) is 22.9 Å². The molecule has 1 atom stereocenters. The van der Waals surface area contributed by atoms with Crippen molar-refractivity contribution in [1.82, 2.24) is 14.9 Å². The van der Waals surface area contributed by atoms with Crippen LogP contribution in [0, 0.1) is 6.92 Å². The maximum atomic E-state index is 12.4. The Labute approximate surface area is 135 Å². The van der Waals surface area contributed by atoms with Gasteiger partial charge in [0.1, 0.15) is 0 Å². The van der Waals surface area contributed by atoms with Crippen molar-refractivity contribution in [2.75, 3.05) is 0 Å². The van der Waals surface area contributed by atoms with E-state index in [-0.39, 0.29) is 10.8 Å². The molecule has 0 saturated heterocycles. The zero-order valence-corrected chi connectivity index (χ0v) is 13.9. The van der Waals surface area contributed by atoms with Crippen LogP contribution in [0.4, 0.5) is 0 Å². The van der Waals surface area contributed by atoms with Gasteiger partial charge >= 0.3 is 0 Å². The van der Waals surface area contributed by atoms with E-state index >= 15 is 0 Å². The number of aromatic nitrogens is 2. The summed E-state index contributed by atoms with van der Waals surface area (Å²) in [5, 5.41) is 3.90. The zero-order valence-electron chi connectivity index (χ0n) is 13.1. The molecule has 8 heteroatoms. The van der Waals surface area contributed by atoms with E-state index in [4.69, 9.17) is 10.3 Å². The largest absolute Gasteiger partial charge is 0.338 e. The minimum Gasteiger partial charge on any atom is -0.338 e. The highest BCUT2D eigenvalue weighted by atomic mass is 32.2. The molecule has 0 aliphatic heterocycles. The molecular weight excluding hydrogens is 316 g/mol. The molecule has 7 nitrogen and oxygen atoms in total. The van der Waals surface area contributed by atoms with Crippen LogP contribution >= 0.6 is 0 Å². The van der Waals surface area contributed by atoms with Crippen molar-refractivity contribution in [3.05, 3.63) is 41.5 Å². The van der Waals surface area contributed by atoms with Gasteiger partial charge in [0.25, 0.3) is 0 Å². The van der Waals surface area contributed by atoms with Crippen molar-refractivity contribution in [3.8, 4) is 0 Å². The van der Waals surface area contributed by atoms with Gasteiger partial charge in [-0.25, -0.2) is 8.42 Å². The molecule has 23 heavy (non-hydrogen) atoms. The molecule has 1 aliphatic carbocycles. The highest BCUT2D eigenvalue weighted by Crippen LogP contribution is 2.37. The van der Waals surface area contributed by atoms with Crippen LogP contribution in [0.25, 0.3) is 0 Å². The Kier molecular flexibility index (Phi) is 3.99. The van der Waals surface area contributed by atoms with Crippen LogP contribution in [0.15, 0.2) is 33.7 Å². The van der Waals surface area contributed by atoms with E-state index in [1.807, 2.05) is 6.92 Å². The molecule has 0 bridgehead atoms. The molecule has 1 heterocycles. The average molecular weight is 336 g/mol. The highest BCUT2D eigenvalue weighted by Gasteiger charge is 2.39. The molecular formula is C15H20N4O3S. The summed E-state index contributed by atoms with van der Waals surface area (Å²) in [6.07, 6.45) is 2.67. The summed E-state index contributed by atoms with van der Waals surface area (Å²) < 4.78 is 32.5. The Hall–Kier alpha value is -1.77. The molecule has 1 aliphatic rings. The van der Waals surface area contributed by atoms with Crippen LogP contribution < -0.4 is 10.5 Å². The first-order valence-electron chi connectivity index (χ1n) is 7.52. The molecule has 124 valence electrons. The second-order valence-electron chi connectivity index (χ2n) is 6.12. The van der Waals surface area contributed by atoms with Crippen LogP contribution in [0.5, 0.6) is 0 Å². The van der Waals surface area contributed by atoms with E-state index in [1.165, 1.54) is 0 Å². The lowest BCUT2D eigenvalue weighted by atomic mass is 9.77. The van der Waals surface area contributed by atoms with Crippen molar-refractivity contribution in [2.45, 2.75) is 49.6 Å². The molecule has 1 aromatic carbocycles. The standard InChI is InChI=1S/C15H20N4O3S/c1-10-4-6-12(7-5-10)23(20,21)19-11(2)13-17-14(18-22-13)15(16)8-3-9-15/h4-7,11,19H,3,8-9,16H2,1-2H3. The minimum absolute atomic E-state index is 0.198. The lowest BCUT2D eigenvalue weighted by Gasteiger charge is -2.34. The molecule has 0 radical (unpaired) electrons. The third-order valence-electron chi connectivity index (χ3n) is 4.17. The maximum Gasteiger partial charge on any atom is 0.244 e. The summed E-state index contributed by atoms with van der Waals surface area (Å²) in [6, 6.07) is 5.99. The number of nitrogens with one attached hydrogen (secondary N) is 1. The number of hydrogen-bond acceptors (Lipinski definition) is 6. The number of nitrogens with two attached hydrogens (primary N) is 1. The van der Waals surface area contributed by atoms with Crippen LogP contribution in [0.2, 0.25) is 0 Å². The van der Waals surface area contributed by atoms with Crippen LogP contribution in [-0.4, -0.2) is 18.6 Å². The van der Waals surface area contributed by atoms with E-state index in [0.717, 1.165) is 24.8 Å². The second-order valence-corrected chi connectivity index (χ2v) is 7.84. The van der Waals surface area contributed by atoms with Crippen LogP contribution in [0.3, 0.4) is 0 Å². The Bertz CT molecular complexity index is 794. The number of aryl methyl sites for hydroxylation is 1. The predicted molar refractivity (Wildman–Crippen MR) is 83.9 cm³/mol. The van der Waals surface area contributed by atoms with E-state index in [1.54, 1.807) is 31.2 Å². The third kappa shape index (κ3) is 3.15. The molecule has 3 rings (SSSR count). The van der Waals surface area contributed by atoms with Gasteiger partial charge < -0.3 is 10.3 Å². The minimum atomic E-state index is -3.65. The molecule has 1 aromatic heterocycles. The van der Waals surface area contributed by atoms with Gasteiger partial charge in [0.05, 0.1) is 16.5 Å². The van der Waals surface area contributed by atoms with Gasteiger partial charge in [-0.3, -0.25) is 0 Å². The Morgan fingerprint density at radius 3 is 2.52 bits per heavy atom. The number of rotatable bonds is 5. The number of hydrogen-bond donors (Lipinski definition) is 2. The first-order chi connectivity index (χ1) is 10.8. The maximum absolute atomic E-state index is 12.4. The van der Waals surface area contributed by atoms with Crippen molar-refractivity contribution < 1.29 is 12.9 Å². The first-order valence-corrected chi connectivity index (χ1v) is 9.00. The Morgan fingerprint density at radius 1 is 1.30 bits per heavy atom. The molecule has 1 unspecified atom stereocenters. The molecule has 1 fully saturated rings. The third-order valence-corrected chi connectivity index (χ3v) is 5.72. The topological polar surface area (TPSA) is 111 Å². The monoisotopic (exact) mass is 336 g/mol. The summed E-state index contributed by atoms with van der Waals surface area (Å²) in [5.41, 5.74) is 6.61. The quantitative estimate of drug-likeness (QED) is 0.860. The highest BCUT2D eigenvalue weighted by molar-refractivity contribution is 7.89. The Morgan fingerprint density at radius 2 is 1.96 bits per heavy atom. The van der Waals surface area contributed by atoms with Gasteiger partial charge in [-0.15, -0.1) is 0 Å². The van der Waals surface area contributed by atoms with E-state index in [2.05, 4.69) is 14.9 Å². The fourth-order valence-corrected chi connectivity index (χ4v) is 3.66. The smallest absolute Gasteiger partial charge is 0.244 e. The molecule has 0 amide bonds. The summed E-state index contributed by atoms with van der Waals surface area (Å²) in [7, 11) is -3.65. The fourth-order valence-electron chi connectivity index (χ4n) is 2.46. The van der Waals surface area contributed by atoms with Crippen LogP contribution in [-0.2, 0) is 15.6 Å². The van der Waals surface area contributed by atoms with E-state index in [0.29, 0.717) is 5.82 Å². The van der Waals surface area contributed by atoms with Gasteiger partial charge in [-0.2, -0.15) is 9.71 Å². The zero-order chi connectivity index (χ0) is 16.7. The molecule has 2 aromatic rings.